The quantitative estimate of drug-likeness (QED) is 0.745. The van der Waals surface area contributed by atoms with Gasteiger partial charge in [0.1, 0.15) is 0 Å². The molecule has 0 saturated carbocycles. The summed E-state index contributed by atoms with van der Waals surface area (Å²) in [4.78, 5) is 12.5. The third kappa shape index (κ3) is 4.05. The van der Waals surface area contributed by atoms with Gasteiger partial charge < -0.3 is 10.1 Å². The molecule has 102 valence electrons. The number of carbonyl (C=O) groups is 1. The number of aryl methyl sites for hydroxylation is 1. The maximum absolute atomic E-state index is 11.7. The average molecular weight is 292 g/mol. The van der Waals surface area contributed by atoms with Crippen LogP contribution in [0.5, 0.6) is 0 Å². The molecule has 8 heteroatoms. The molecule has 0 aliphatic heterocycles. The molecule has 1 aromatic heterocycles. The maximum atomic E-state index is 11.7. The van der Waals surface area contributed by atoms with Crippen molar-refractivity contribution in [3.63, 3.8) is 0 Å². The van der Waals surface area contributed by atoms with Gasteiger partial charge in [0.05, 0.1) is 16.4 Å². The number of thiophene rings is 1. The Kier molecular flexibility index (Phi) is 5.27. The zero-order valence-electron chi connectivity index (χ0n) is 10.2. The van der Waals surface area contributed by atoms with Crippen molar-refractivity contribution in [2.45, 2.75) is 18.7 Å². The van der Waals surface area contributed by atoms with Crippen LogP contribution in [0.1, 0.15) is 21.5 Å². The number of sulfonamides is 1. The van der Waals surface area contributed by atoms with Gasteiger partial charge in [0.25, 0.3) is 5.91 Å². The Morgan fingerprint density at radius 1 is 1.56 bits per heavy atom. The Morgan fingerprint density at radius 3 is 2.72 bits per heavy atom. The lowest BCUT2D eigenvalue weighted by Gasteiger charge is -2.02. The lowest BCUT2D eigenvalue weighted by Crippen LogP contribution is -2.26. The van der Waals surface area contributed by atoms with Crippen molar-refractivity contribution < 1.29 is 17.9 Å². The number of carbonyl (C=O) groups excluding carboxylic acids is 1. The molecule has 0 atom stereocenters. The first-order valence-corrected chi connectivity index (χ1v) is 7.71. The molecular weight excluding hydrogens is 276 g/mol. The number of hydrogen-bond donors (Lipinski definition) is 2. The molecule has 0 spiro atoms. The first kappa shape index (κ1) is 15.1. The number of rotatable bonds is 6. The van der Waals surface area contributed by atoms with Crippen molar-refractivity contribution in [1.82, 2.24) is 5.32 Å². The molecule has 0 bridgehead atoms. The molecule has 0 aliphatic carbocycles. The van der Waals surface area contributed by atoms with Crippen LogP contribution in [0.4, 0.5) is 0 Å². The van der Waals surface area contributed by atoms with E-state index in [1.54, 1.807) is 6.92 Å². The van der Waals surface area contributed by atoms with Gasteiger partial charge in [0.15, 0.2) is 0 Å². The number of nitrogens with one attached hydrogen (secondary N) is 1. The minimum atomic E-state index is -3.77. The molecule has 3 N–H and O–H groups in total. The third-order valence-corrected chi connectivity index (χ3v) is 4.35. The Bertz CT molecular complexity index is 522. The first-order valence-electron chi connectivity index (χ1n) is 5.35. The van der Waals surface area contributed by atoms with Crippen LogP contribution in [0.25, 0.3) is 0 Å². The van der Waals surface area contributed by atoms with Gasteiger partial charge >= 0.3 is 0 Å². The summed E-state index contributed by atoms with van der Waals surface area (Å²) in [6, 6.07) is 1.30. The highest BCUT2D eigenvalue weighted by atomic mass is 32.2. The average Bonchev–Trinajstić information content (AvgIpc) is 2.66. The second kappa shape index (κ2) is 6.28. The molecule has 0 aliphatic rings. The SMILES string of the molecule is CCOCCNC(=O)c1cc(S(N)(=O)=O)c(C)s1. The van der Waals surface area contributed by atoms with Crippen molar-refractivity contribution in [2.75, 3.05) is 19.8 Å². The lowest BCUT2D eigenvalue weighted by atomic mass is 10.4. The van der Waals surface area contributed by atoms with E-state index in [1.165, 1.54) is 6.07 Å². The summed E-state index contributed by atoms with van der Waals surface area (Å²) >= 11 is 1.10. The van der Waals surface area contributed by atoms with Crippen LogP contribution in [-0.4, -0.2) is 34.1 Å². The zero-order chi connectivity index (χ0) is 13.8. The van der Waals surface area contributed by atoms with Gasteiger partial charge in [-0.1, -0.05) is 0 Å². The summed E-state index contributed by atoms with van der Waals surface area (Å²) in [5, 5.41) is 7.67. The molecule has 1 amide bonds. The van der Waals surface area contributed by atoms with Crippen LogP contribution in [0.3, 0.4) is 0 Å². The normalized spacial score (nSPS) is 11.5. The largest absolute Gasteiger partial charge is 0.380 e. The van der Waals surface area contributed by atoms with E-state index in [0.29, 0.717) is 29.5 Å². The highest BCUT2D eigenvalue weighted by Crippen LogP contribution is 2.24. The van der Waals surface area contributed by atoms with E-state index in [4.69, 9.17) is 9.88 Å². The van der Waals surface area contributed by atoms with E-state index in [0.717, 1.165) is 11.3 Å². The predicted octanol–water partition coefficient (Wildman–Crippen LogP) is 0.470. The molecule has 6 nitrogen and oxygen atoms in total. The highest BCUT2D eigenvalue weighted by Gasteiger charge is 2.18. The molecule has 0 fully saturated rings. The van der Waals surface area contributed by atoms with Gasteiger partial charge in [0, 0.05) is 18.0 Å². The standard InChI is InChI=1S/C10H16N2O4S2/c1-3-16-5-4-12-10(13)8-6-9(7(2)17-8)18(11,14)15/h6H,3-5H2,1-2H3,(H,12,13)(H2,11,14,15). The fourth-order valence-electron chi connectivity index (χ4n) is 1.33. The second-order valence-corrected chi connectivity index (χ2v) is 6.32. The molecule has 18 heavy (non-hydrogen) atoms. The van der Waals surface area contributed by atoms with Crippen LogP contribution in [0, 0.1) is 6.92 Å². The van der Waals surface area contributed by atoms with E-state index in [9.17, 15) is 13.2 Å². The maximum Gasteiger partial charge on any atom is 0.261 e. The molecule has 0 radical (unpaired) electrons. The lowest BCUT2D eigenvalue weighted by molar-refractivity contribution is 0.0926. The minimum Gasteiger partial charge on any atom is -0.380 e. The highest BCUT2D eigenvalue weighted by molar-refractivity contribution is 7.89. The summed E-state index contributed by atoms with van der Waals surface area (Å²) in [6.07, 6.45) is 0. The molecule has 0 saturated heterocycles. The van der Waals surface area contributed by atoms with Crippen LogP contribution in [0.15, 0.2) is 11.0 Å². The Labute approximate surface area is 110 Å². The molecule has 1 heterocycles. The number of primary sulfonamides is 1. The van der Waals surface area contributed by atoms with E-state index in [-0.39, 0.29) is 10.8 Å². The van der Waals surface area contributed by atoms with Crippen LogP contribution in [0.2, 0.25) is 0 Å². The summed E-state index contributed by atoms with van der Waals surface area (Å²) in [5.41, 5.74) is 0. The topological polar surface area (TPSA) is 98.5 Å². The molecular formula is C10H16N2O4S2. The van der Waals surface area contributed by atoms with Crippen molar-refractivity contribution in [3.8, 4) is 0 Å². The van der Waals surface area contributed by atoms with E-state index >= 15 is 0 Å². The third-order valence-electron chi connectivity index (χ3n) is 2.14. The van der Waals surface area contributed by atoms with Crippen molar-refractivity contribution in [1.29, 1.82) is 0 Å². The Balaban J connectivity index is 2.71. The van der Waals surface area contributed by atoms with E-state index in [1.807, 2.05) is 6.92 Å². The van der Waals surface area contributed by atoms with Crippen molar-refractivity contribution in [3.05, 3.63) is 15.8 Å². The molecule has 1 rings (SSSR count). The van der Waals surface area contributed by atoms with E-state index < -0.39 is 10.0 Å². The molecule has 0 unspecified atom stereocenters. The zero-order valence-corrected chi connectivity index (χ0v) is 11.9. The van der Waals surface area contributed by atoms with Crippen molar-refractivity contribution in [2.24, 2.45) is 5.14 Å². The van der Waals surface area contributed by atoms with Gasteiger partial charge in [-0.05, 0) is 19.9 Å². The predicted molar refractivity (Wildman–Crippen MR) is 69.3 cm³/mol. The van der Waals surface area contributed by atoms with Gasteiger partial charge in [-0.25, -0.2) is 13.6 Å². The van der Waals surface area contributed by atoms with Gasteiger partial charge in [-0.2, -0.15) is 0 Å². The van der Waals surface area contributed by atoms with E-state index in [2.05, 4.69) is 5.32 Å². The summed E-state index contributed by atoms with van der Waals surface area (Å²) < 4.78 is 27.5. The van der Waals surface area contributed by atoms with Crippen LogP contribution in [-0.2, 0) is 14.8 Å². The minimum absolute atomic E-state index is 0.00228. The summed E-state index contributed by atoms with van der Waals surface area (Å²) in [5.74, 6) is -0.322. The van der Waals surface area contributed by atoms with Gasteiger partial charge in [-0.3, -0.25) is 4.79 Å². The fraction of sp³-hybridized carbons (Fsp3) is 0.500. The number of nitrogens with two attached hydrogens (primary N) is 1. The molecule has 0 aromatic carbocycles. The van der Waals surface area contributed by atoms with Crippen molar-refractivity contribution >= 4 is 27.3 Å². The van der Waals surface area contributed by atoms with Gasteiger partial charge in [0.2, 0.25) is 10.0 Å². The summed E-state index contributed by atoms with van der Waals surface area (Å²) in [6.45, 7) is 4.87. The summed E-state index contributed by atoms with van der Waals surface area (Å²) in [7, 11) is -3.77. The number of amides is 1. The Hall–Kier alpha value is -0.960. The van der Waals surface area contributed by atoms with Crippen LogP contribution >= 0.6 is 11.3 Å². The first-order chi connectivity index (χ1) is 8.36. The number of hydrogen-bond acceptors (Lipinski definition) is 5. The fourth-order valence-corrected chi connectivity index (χ4v) is 3.39. The van der Waals surface area contributed by atoms with Gasteiger partial charge in [-0.15, -0.1) is 11.3 Å². The Morgan fingerprint density at radius 2 is 2.22 bits per heavy atom. The molecule has 1 aromatic rings. The monoisotopic (exact) mass is 292 g/mol. The number of ether oxygens (including phenoxy) is 1. The smallest absolute Gasteiger partial charge is 0.261 e. The van der Waals surface area contributed by atoms with Crippen LogP contribution < -0.4 is 10.5 Å². The second-order valence-electron chi connectivity index (χ2n) is 3.53.